The lowest BCUT2D eigenvalue weighted by atomic mass is 9.90. The number of anilines is 1. The van der Waals surface area contributed by atoms with Gasteiger partial charge in [0.1, 0.15) is 11.9 Å². The number of hydrogen-bond acceptors (Lipinski definition) is 4. The summed E-state index contributed by atoms with van der Waals surface area (Å²) in [6, 6.07) is 4.43. The zero-order chi connectivity index (χ0) is 13.1. The van der Waals surface area contributed by atoms with E-state index >= 15 is 0 Å². The van der Waals surface area contributed by atoms with E-state index in [0.717, 1.165) is 37.3 Å². The van der Waals surface area contributed by atoms with Crippen LogP contribution in [0.25, 0.3) is 0 Å². The summed E-state index contributed by atoms with van der Waals surface area (Å²) < 4.78 is 0. The number of aryl methyl sites for hydroxylation is 1. The molecule has 4 nitrogen and oxygen atoms in total. The lowest BCUT2D eigenvalue weighted by Crippen LogP contribution is -2.47. The van der Waals surface area contributed by atoms with E-state index in [9.17, 15) is 5.26 Å². The maximum Gasteiger partial charge on any atom is 0.146 e. The number of rotatable bonds is 2. The minimum absolute atomic E-state index is 0.279. The van der Waals surface area contributed by atoms with Crippen LogP contribution in [0, 0.1) is 24.2 Å². The van der Waals surface area contributed by atoms with E-state index in [4.69, 9.17) is 5.73 Å². The van der Waals surface area contributed by atoms with Gasteiger partial charge in [-0.15, -0.1) is 0 Å². The van der Waals surface area contributed by atoms with Crippen molar-refractivity contribution in [2.45, 2.75) is 32.7 Å². The summed E-state index contributed by atoms with van der Waals surface area (Å²) >= 11 is 0. The summed E-state index contributed by atoms with van der Waals surface area (Å²) in [6.07, 6.45) is 3.82. The molecule has 1 aliphatic rings. The molecule has 0 aliphatic carbocycles. The second-order valence-electron chi connectivity index (χ2n) is 5.01. The topological polar surface area (TPSA) is 65.9 Å². The molecule has 1 fully saturated rings. The third-order valence-corrected chi connectivity index (χ3v) is 3.87. The number of hydrogen-bond donors (Lipinski definition) is 1. The molecule has 4 heteroatoms. The maximum absolute atomic E-state index is 9.26. The van der Waals surface area contributed by atoms with E-state index in [2.05, 4.69) is 22.9 Å². The molecular formula is C14H20N4. The smallest absolute Gasteiger partial charge is 0.146 e. The largest absolute Gasteiger partial charge is 0.355 e. The molecule has 0 bridgehead atoms. The van der Waals surface area contributed by atoms with Crippen LogP contribution in [0.15, 0.2) is 12.3 Å². The number of aromatic nitrogens is 1. The molecule has 2 rings (SSSR count). The molecule has 2 atom stereocenters. The molecule has 0 spiro atoms. The van der Waals surface area contributed by atoms with E-state index in [0.29, 0.717) is 11.5 Å². The first-order valence-electron chi connectivity index (χ1n) is 6.53. The Labute approximate surface area is 108 Å². The number of nitrogens with zero attached hydrogens (tertiary/aromatic N) is 3. The van der Waals surface area contributed by atoms with Gasteiger partial charge in [0.15, 0.2) is 0 Å². The molecule has 0 radical (unpaired) electrons. The molecule has 2 heterocycles. The molecular weight excluding hydrogens is 224 g/mol. The van der Waals surface area contributed by atoms with Gasteiger partial charge in [0.2, 0.25) is 0 Å². The SMILES string of the molecule is CCC1CN(c2nccc(C)c2C#N)CCC1N. The maximum atomic E-state index is 9.26. The summed E-state index contributed by atoms with van der Waals surface area (Å²) in [7, 11) is 0. The van der Waals surface area contributed by atoms with Crippen LogP contribution >= 0.6 is 0 Å². The standard InChI is InChI=1S/C14H20N4/c1-3-11-9-18(7-5-13(11)16)14-12(8-15)10(2)4-6-17-14/h4,6,11,13H,3,5,7,9,16H2,1-2H3. The first-order chi connectivity index (χ1) is 8.67. The summed E-state index contributed by atoms with van der Waals surface area (Å²) in [5, 5.41) is 9.26. The second-order valence-corrected chi connectivity index (χ2v) is 5.01. The Kier molecular flexibility index (Phi) is 3.83. The lowest BCUT2D eigenvalue weighted by Gasteiger charge is -2.37. The van der Waals surface area contributed by atoms with Gasteiger partial charge in [-0.1, -0.05) is 13.3 Å². The summed E-state index contributed by atoms with van der Waals surface area (Å²) in [5.41, 5.74) is 7.81. The third kappa shape index (κ3) is 2.32. The fourth-order valence-electron chi connectivity index (χ4n) is 2.60. The Bertz CT molecular complexity index is 463. The van der Waals surface area contributed by atoms with E-state index in [-0.39, 0.29) is 6.04 Å². The van der Waals surface area contributed by atoms with Crippen LogP contribution in [0.3, 0.4) is 0 Å². The van der Waals surface area contributed by atoms with Gasteiger partial charge < -0.3 is 10.6 Å². The van der Waals surface area contributed by atoms with Gasteiger partial charge in [-0.25, -0.2) is 4.98 Å². The molecule has 0 saturated carbocycles. The second kappa shape index (κ2) is 5.36. The number of nitrogens with two attached hydrogens (primary N) is 1. The molecule has 1 aromatic rings. The Balaban J connectivity index is 2.28. The van der Waals surface area contributed by atoms with Gasteiger partial charge in [-0.3, -0.25) is 0 Å². The van der Waals surface area contributed by atoms with Crippen molar-refractivity contribution in [3.63, 3.8) is 0 Å². The number of nitriles is 1. The highest BCUT2D eigenvalue weighted by molar-refractivity contribution is 5.57. The van der Waals surface area contributed by atoms with Gasteiger partial charge >= 0.3 is 0 Å². The molecule has 0 aromatic carbocycles. The van der Waals surface area contributed by atoms with Gasteiger partial charge in [0, 0.05) is 25.3 Å². The van der Waals surface area contributed by atoms with Crippen LogP contribution in [0.1, 0.15) is 30.9 Å². The van der Waals surface area contributed by atoms with Crippen molar-refractivity contribution < 1.29 is 0 Å². The third-order valence-electron chi connectivity index (χ3n) is 3.87. The van der Waals surface area contributed by atoms with E-state index in [1.165, 1.54) is 0 Å². The monoisotopic (exact) mass is 244 g/mol. The molecule has 2 unspecified atom stereocenters. The fourth-order valence-corrected chi connectivity index (χ4v) is 2.60. The van der Waals surface area contributed by atoms with Crippen molar-refractivity contribution in [2.24, 2.45) is 11.7 Å². The van der Waals surface area contributed by atoms with Crippen LogP contribution in [0.4, 0.5) is 5.82 Å². The van der Waals surface area contributed by atoms with Crippen molar-refractivity contribution in [2.75, 3.05) is 18.0 Å². The van der Waals surface area contributed by atoms with Crippen LogP contribution in [-0.2, 0) is 0 Å². The van der Waals surface area contributed by atoms with Crippen LogP contribution in [0.5, 0.6) is 0 Å². The highest BCUT2D eigenvalue weighted by Gasteiger charge is 2.27. The zero-order valence-corrected chi connectivity index (χ0v) is 11.1. The Morgan fingerprint density at radius 3 is 3.06 bits per heavy atom. The minimum Gasteiger partial charge on any atom is -0.355 e. The van der Waals surface area contributed by atoms with E-state index < -0.39 is 0 Å². The van der Waals surface area contributed by atoms with Crippen LogP contribution < -0.4 is 10.6 Å². The first kappa shape index (κ1) is 12.8. The van der Waals surface area contributed by atoms with Gasteiger partial charge in [0.05, 0.1) is 5.56 Å². The Morgan fingerprint density at radius 2 is 2.39 bits per heavy atom. The summed E-state index contributed by atoms with van der Waals surface area (Å²) in [5.74, 6) is 1.32. The minimum atomic E-state index is 0.279. The van der Waals surface area contributed by atoms with Crippen molar-refractivity contribution in [1.82, 2.24) is 4.98 Å². The normalized spacial score (nSPS) is 23.8. The van der Waals surface area contributed by atoms with Crippen LogP contribution in [0.2, 0.25) is 0 Å². The van der Waals surface area contributed by atoms with Crippen LogP contribution in [-0.4, -0.2) is 24.1 Å². The fraction of sp³-hybridized carbons (Fsp3) is 0.571. The zero-order valence-electron chi connectivity index (χ0n) is 11.1. The van der Waals surface area contributed by atoms with E-state index in [1.807, 2.05) is 13.0 Å². The molecule has 1 saturated heterocycles. The number of piperidine rings is 1. The molecule has 2 N–H and O–H groups in total. The first-order valence-corrected chi connectivity index (χ1v) is 6.53. The predicted molar refractivity (Wildman–Crippen MR) is 72.3 cm³/mol. The average molecular weight is 244 g/mol. The highest BCUT2D eigenvalue weighted by atomic mass is 15.2. The predicted octanol–water partition coefficient (Wildman–Crippen LogP) is 1.83. The molecule has 18 heavy (non-hydrogen) atoms. The quantitative estimate of drug-likeness (QED) is 0.862. The van der Waals surface area contributed by atoms with E-state index in [1.54, 1.807) is 6.20 Å². The van der Waals surface area contributed by atoms with Gasteiger partial charge in [0.25, 0.3) is 0 Å². The number of pyridine rings is 1. The van der Waals surface area contributed by atoms with Crippen molar-refractivity contribution in [3.05, 3.63) is 23.4 Å². The average Bonchev–Trinajstić information content (AvgIpc) is 2.39. The Hall–Kier alpha value is -1.60. The van der Waals surface area contributed by atoms with Gasteiger partial charge in [-0.2, -0.15) is 5.26 Å². The van der Waals surface area contributed by atoms with Gasteiger partial charge in [-0.05, 0) is 30.9 Å². The highest BCUT2D eigenvalue weighted by Crippen LogP contribution is 2.26. The molecule has 1 aromatic heterocycles. The molecule has 1 aliphatic heterocycles. The molecule has 96 valence electrons. The lowest BCUT2D eigenvalue weighted by molar-refractivity contribution is 0.346. The van der Waals surface area contributed by atoms with Crippen molar-refractivity contribution in [3.8, 4) is 6.07 Å². The molecule has 0 amide bonds. The van der Waals surface area contributed by atoms with Crippen molar-refractivity contribution in [1.29, 1.82) is 5.26 Å². The Morgan fingerprint density at radius 1 is 1.61 bits per heavy atom. The summed E-state index contributed by atoms with van der Waals surface area (Å²) in [6.45, 7) is 5.92. The summed E-state index contributed by atoms with van der Waals surface area (Å²) in [4.78, 5) is 6.60. The van der Waals surface area contributed by atoms with Crippen molar-refractivity contribution >= 4 is 5.82 Å².